The van der Waals surface area contributed by atoms with Gasteiger partial charge in [0.25, 0.3) is 5.91 Å². The maximum absolute atomic E-state index is 12.3. The van der Waals surface area contributed by atoms with Crippen LogP contribution in [0.5, 0.6) is 17.4 Å². The Balaban J connectivity index is 1.42. The van der Waals surface area contributed by atoms with E-state index in [-0.39, 0.29) is 5.69 Å². The Morgan fingerprint density at radius 1 is 1.07 bits per heavy atom. The number of nitrogens with zero attached hydrogens (tertiary/aromatic N) is 2. The summed E-state index contributed by atoms with van der Waals surface area (Å²) < 4.78 is 21.4. The Morgan fingerprint density at radius 3 is 2.69 bits per heavy atom. The predicted molar refractivity (Wildman–Crippen MR) is 104 cm³/mol. The summed E-state index contributed by atoms with van der Waals surface area (Å²) in [5, 5.41) is 6.46. The number of nitrogens with one attached hydrogen (secondary N) is 1. The maximum atomic E-state index is 12.3. The van der Waals surface area contributed by atoms with Crippen molar-refractivity contribution in [2.45, 2.75) is 6.92 Å². The molecule has 0 saturated carbocycles. The van der Waals surface area contributed by atoms with Gasteiger partial charge < -0.3 is 23.7 Å². The summed E-state index contributed by atoms with van der Waals surface area (Å²) in [6.07, 6.45) is 3.00. The average molecular weight is 391 g/mol. The smallest absolute Gasteiger partial charge is 0.277 e. The van der Waals surface area contributed by atoms with Crippen LogP contribution in [0.25, 0.3) is 11.5 Å². The summed E-state index contributed by atoms with van der Waals surface area (Å²) in [7, 11) is 1.58. The molecule has 4 aromatic rings. The van der Waals surface area contributed by atoms with E-state index in [2.05, 4.69) is 15.5 Å². The van der Waals surface area contributed by atoms with Crippen LogP contribution >= 0.6 is 0 Å². The van der Waals surface area contributed by atoms with Crippen molar-refractivity contribution in [2.24, 2.45) is 0 Å². The predicted octanol–water partition coefficient (Wildman–Crippen LogP) is 4.69. The van der Waals surface area contributed by atoms with E-state index in [4.69, 9.17) is 18.4 Å². The number of hydrogen-bond acceptors (Lipinski definition) is 7. The second-order valence-electron chi connectivity index (χ2n) is 6.15. The first-order chi connectivity index (χ1) is 14.1. The molecule has 3 heterocycles. The van der Waals surface area contributed by atoms with Crippen molar-refractivity contribution in [3.63, 3.8) is 0 Å². The second-order valence-corrected chi connectivity index (χ2v) is 6.15. The zero-order valence-electron chi connectivity index (χ0n) is 15.7. The second kappa shape index (κ2) is 7.89. The van der Waals surface area contributed by atoms with Gasteiger partial charge in [0.05, 0.1) is 25.3 Å². The summed E-state index contributed by atoms with van der Waals surface area (Å²) in [6, 6.07) is 13.9. The molecule has 8 heteroatoms. The lowest BCUT2D eigenvalue weighted by atomic mass is 10.2. The minimum absolute atomic E-state index is 0.126. The number of carbonyl (C=O) groups excluding carboxylic acids is 1. The number of benzene rings is 1. The molecule has 0 aliphatic heterocycles. The number of methoxy groups -OCH3 is 1. The molecule has 29 heavy (non-hydrogen) atoms. The Morgan fingerprint density at radius 2 is 1.97 bits per heavy atom. The van der Waals surface area contributed by atoms with Crippen LogP contribution in [0.15, 0.2) is 69.9 Å². The largest absolute Gasteiger partial charge is 0.493 e. The molecule has 146 valence electrons. The van der Waals surface area contributed by atoms with Gasteiger partial charge in [0.2, 0.25) is 11.6 Å². The lowest BCUT2D eigenvalue weighted by Gasteiger charge is -2.10. The molecule has 3 aromatic heterocycles. The van der Waals surface area contributed by atoms with E-state index in [1.165, 1.54) is 18.5 Å². The van der Waals surface area contributed by atoms with Crippen LogP contribution in [-0.2, 0) is 0 Å². The number of amides is 1. The zero-order valence-corrected chi connectivity index (χ0v) is 15.7. The van der Waals surface area contributed by atoms with Crippen molar-refractivity contribution < 1.29 is 23.2 Å². The molecule has 8 nitrogen and oxygen atoms in total. The quantitative estimate of drug-likeness (QED) is 0.509. The van der Waals surface area contributed by atoms with Crippen LogP contribution in [0.4, 0.5) is 5.69 Å². The van der Waals surface area contributed by atoms with Gasteiger partial charge in [-0.05, 0) is 42.8 Å². The van der Waals surface area contributed by atoms with Crippen LogP contribution in [0, 0.1) is 6.92 Å². The van der Waals surface area contributed by atoms with Crippen molar-refractivity contribution in [3.8, 4) is 28.9 Å². The Bertz CT molecular complexity index is 1120. The standard InChI is InChI=1S/C21H17N3O5/c1-13-5-7-17(18(10-13)26-2)28-20-8-6-14(12-22-20)23-21(25)15-11-19(29-24-15)16-4-3-9-27-16/h3-12H,1-2H3,(H,23,25). The molecule has 0 fully saturated rings. The monoisotopic (exact) mass is 391 g/mol. The highest BCUT2D eigenvalue weighted by Crippen LogP contribution is 2.31. The summed E-state index contributed by atoms with van der Waals surface area (Å²) in [5.74, 6) is 1.97. The Labute approximate surface area is 166 Å². The number of rotatable bonds is 6. The van der Waals surface area contributed by atoms with Crippen molar-refractivity contribution >= 4 is 11.6 Å². The fourth-order valence-electron chi connectivity index (χ4n) is 2.60. The van der Waals surface area contributed by atoms with Gasteiger partial charge >= 0.3 is 0 Å². The highest BCUT2D eigenvalue weighted by molar-refractivity contribution is 6.03. The normalized spacial score (nSPS) is 10.6. The molecule has 0 atom stereocenters. The third-order valence-electron chi connectivity index (χ3n) is 4.03. The first-order valence-electron chi connectivity index (χ1n) is 8.73. The van der Waals surface area contributed by atoms with Crippen LogP contribution in [-0.4, -0.2) is 23.2 Å². The van der Waals surface area contributed by atoms with E-state index in [0.29, 0.717) is 34.6 Å². The van der Waals surface area contributed by atoms with Gasteiger partial charge in [0.1, 0.15) is 0 Å². The molecular weight excluding hydrogens is 374 g/mol. The Kier molecular flexibility index (Phi) is 4.98. The van der Waals surface area contributed by atoms with E-state index in [0.717, 1.165) is 5.56 Å². The molecule has 0 radical (unpaired) electrons. The molecule has 0 saturated heterocycles. The third kappa shape index (κ3) is 4.11. The number of ether oxygens (including phenoxy) is 2. The third-order valence-corrected chi connectivity index (χ3v) is 4.03. The van der Waals surface area contributed by atoms with Crippen molar-refractivity contribution in [3.05, 3.63) is 72.2 Å². The number of furan rings is 1. The molecule has 0 aliphatic rings. The summed E-state index contributed by atoms with van der Waals surface area (Å²) >= 11 is 0. The number of hydrogen-bond donors (Lipinski definition) is 1. The SMILES string of the molecule is COc1cc(C)ccc1Oc1ccc(NC(=O)c2cc(-c3ccco3)on2)cn1. The molecule has 0 spiro atoms. The summed E-state index contributed by atoms with van der Waals surface area (Å²) in [4.78, 5) is 16.6. The van der Waals surface area contributed by atoms with E-state index >= 15 is 0 Å². The van der Waals surface area contributed by atoms with Crippen LogP contribution < -0.4 is 14.8 Å². The lowest BCUT2D eigenvalue weighted by molar-refractivity contribution is 0.101. The fraction of sp³-hybridized carbons (Fsp3) is 0.0952. The molecule has 0 aliphatic carbocycles. The highest BCUT2D eigenvalue weighted by atomic mass is 16.5. The topological polar surface area (TPSA) is 99.6 Å². The first kappa shape index (κ1) is 18.3. The summed E-state index contributed by atoms with van der Waals surface area (Å²) in [6.45, 7) is 1.97. The van der Waals surface area contributed by atoms with Gasteiger partial charge in [0, 0.05) is 12.1 Å². The molecule has 1 amide bonds. The van der Waals surface area contributed by atoms with Gasteiger partial charge in [-0.15, -0.1) is 0 Å². The van der Waals surface area contributed by atoms with Gasteiger partial charge in [-0.3, -0.25) is 4.79 Å². The van der Waals surface area contributed by atoms with Crippen LogP contribution in [0.3, 0.4) is 0 Å². The van der Waals surface area contributed by atoms with Gasteiger partial charge in [-0.2, -0.15) is 0 Å². The number of anilines is 1. The fourth-order valence-corrected chi connectivity index (χ4v) is 2.60. The lowest BCUT2D eigenvalue weighted by Crippen LogP contribution is -2.12. The van der Waals surface area contributed by atoms with Gasteiger partial charge in [-0.25, -0.2) is 4.98 Å². The Hall–Kier alpha value is -4.07. The van der Waals surface area contributed by atoms with Crippen LogP contribution in [0.2, 0.25) is 0 Å². The van der Waals surface area contributed by atoms with Gasteiger partial charge in [-0.1, -0.05) is 11.2 Å². The van der Waals surface area contributed by atoms with E-state index in [1.54, 1.807) is 31.4 Å². The molecule has 0 bridgehead atoms. The van der Waals surface area contributed by atoms with Crippen molar-refractivity contribution in [1.29, 1.82) is 0 Å². The van der Waals surface area contributed by atoms with Crippen molar-refractivity contribution in [2.75, 3.05) is 12.4 Å². The molecule has 1 N–H and O–H groups in total. The average Bonchev–Trinajstić information content (AvgIpc) is 3.42. The number of aromatic nitrogens is 2. The van der Waals surface area contributed by atoms with E-state index in [9.17, 15) is 4.79 Å². The number of aryl methyl sites for hydroxylation is 1. The number of pyridine rings is 1. The minimum atomic E-state index is -0.428. The molecular formula is C21H17N3O5. The maximum Gasteiger partial charge on any atom is 0.277 e. The molecule has 4 rings (SSSR count). The highest BCUT2D eigenvalue weighted by Gasteiger charge is 2.15. The van der Waals surface area contributed by atoms with E-state index in [1.807, 2.05) is 25.1 Å². The zero-order chi connectivity index (χ0) is 20.2. The van der Waals surface area contributed by atoms with E-state index < -0.39 is 5.91 Å². The minimum Gasteiger partial charge on any atom is -0.493 e. The molecule has 1 aromatic carbocycles. The van der Waals surface area contributed by atoms with Crippen LogP contribution in [0.1, 0.15) is 16.1 Å². The van der Waals surface area contributed by atoms with Crippen molar-refractivity contribution in [1.82, 2.24) is 10.1 Å². The number of carbonyl (C=O) groups is 1. The van der Waals surface area contributed by atoms with Gasteiger partial charge in [0.15, 0.2) is 23.0 Å². The summed E-state index contributed by atoms with van der Waals surface area (Å²) in [5.41, 5.74) is 1.67. The molecule has 0 unspecified atom stereocenters. The first-order valence-corrected chi connectivity index (χ1v) is 8.73.